The predicted molar refractivity (Wildman–Crippen MR) is 44.8 cm³/mol. The zero-order valence-electron chi connectivity index (χ0n) is 7.98. The second-order valence-corrected chi connectivity index (χ2v) is 3.70. The molecule has 3 nitrogen and oxygen atoms in total. The van der Waals surface area contributed by atoms with Crippen LogP contribution in [0.4, 0.5) is 9.18 Å². The molecular formula is C8H16FNO2. The molecule has 1 N–H and O–H groups in total. The molecule has 0 radical (unpaired) electrons. The Bertz CT molecular complexity index is 154. The first-order chi connectivity index (χ1) is 5.35. The van der Waals surface area contributed by atoms with Crippen LogP contribution in [0.5, 0.6) is 0 Å². The summed E-state index contributed by atoms with van der Waals surface area (Å²) in [6, 6.07) is -0.486. The van der Waals surface area contributed by atoms with Gasteiger partial charge in [0.05, 0.1) is 6.04 Å². The molecule has 0 saturated heterocycles. The maximum atomic E-state index is 11.9. The lowest BCUT2D eigenvalue weighted by molar-refractivity contribution is 0.0501. The molecule has 0 aromatic carbocycles. The summed E-state index contributed by atoms with van der Waals surface area (Å²) in [7, 11) is 0. The highest BCUT2D eigenvalue weighted by Crippen LogP contribution is 2.06. The number of halogens is 1. The topological polar surface area (TPSA) is 38.3 Å². The minimum atomic E-state index is -0.584. The zero-order valence-corrected chi connectivity index (χ0v) is 7.98. The Labute approximate surface area is 72.3 Å². The largest absolute Gasteiger partial charge is 0.444 e. The van der Waals surface area contributed by atoms with E-state index in [4.69, 9.17) is 4.74 Å². The summed E-state index contributed by atoms with van der Waals surface area (Å²) in [5.74, 6) is 0. The average molecular weight is 177 g/mol. The number of ether oxygens (including phenoxy) is 1. The minimum Gasteiger partial charge on any atom is -0.444 e. The molecule has 0 heterocycles. The van der Waals surface area contributed by atoms with E-state index >= 15 is 0 Å². The second-order valence-electron chi connectivity index (χ2n) is 3.70. The number of alkyl halides is 1. The Hall–Kier alpha value is -0.800. The van der Waals surface area contributed by atoms with Gasteiger partial charge in [-0.05, 0) is 27.7 Å². The first-order valence-corrected chi connectivity index (χ1v) is 3.90. The van der Waals surface area contributed by atoms with Gasteiger partial charge in [-0.15, -0.1) is 0 Å². The smallest absolute Gasteiger partial charge is 0.407 e. The highest BCUT2D eigenvalue weighted by molar-refractivity contribution is 5.67. The van der Waals surface area contributed by atoms with Crippen LogP contribution in [0, 0.1) is 0 Å². The average Bonchev–Trinajstić information content (AvgIpc) is 1.82. The number of carbonyl (C=O) groups excluding carboxylic acids is 1. The van der Waals surface area contributed by atoms with Gasteiger partial charge in [0, 0.05) is 0 Å². The van der Waals surface area contributed by atoms with Gasteiger partial charge in [-0.1, -0.05) is 0 Å². The molecule has 0 fully saturated rings. The van der Waals surface area contributed by atoms with Crippen molar-refractivity contribution in [3.8, 4) is 0 Å². The summed E-state index contributed by atoms with van der Waals surface area (Å²) < 4.78 is 16.8. The number of nitrogens with one attached hydrogen (secondary N) is 1. The number of amides is 1. The van der Waals surface area contributed by atoms with Gasteiger partial charge in [0.15, 0.2) is 0 Å². The Morgan fingerprint density at radius 2 is 2.08 bits per heavy atom. The molecule has 0 unspecified atom stereocenters. The summed E-state index contributed by atoms with van der Waals surface area (Å²) >= 11 is 0. The Balaban J connectivity index is 3.75. The van der Waals surface area contributed by atoms with Gasteiger partial charge in [0.25, 0.3) is 0 Å². The molecule has 0 saturated carbocycles. The number of alkyl carbamates (subject to hydrolysis) is 1. The Morgan fingerprint density at radius 3 is 2.42 bits per heavy atom. The van der Waals surface area contributed by atoms with Crippen LogP contribution in [-0.2, 0) is 4.74 Å². The number of hydrogen-bond donors (Lipinski definition) is 1. The lowest BCUT2D eigenvalue weighted by Crippen LogP contribution is -2.38. The van der Waals surface area contributed by atoms with Crippen LogP contribution in [0.2, 0.25) is 0 Å². The van der Waals surface area contributed by atoms with Crippen LogP contribution in [0.1, 0.15) is 27.7 Å². The molecule has 0 rings (SSSR count). The molecule has 0 aromatic heterocycles. The molecule has 0 bridgehead atoms. The fourth-order valence-corrected chi connectivity index (χ4v) is 0.547. The Kier molecular flexibility index (Phi) is 4.00. The molecule has 0 aliphatic rings. The summed E-state index contributed by atoms with van der Waals surface area (Å²) in [5.41, 5.74) is -0.528. The van der Waals surface area contributed by atoms with E-state index in [1.165, 1.54) is 0 Å². The summed E-state index contributed by atoms with van der Waals surface area (Å²) in [6.45, 7) is 6.26. The van der Waals surface area contributed by atoms with E-state index in [9.17, 15) is 9.18 Å². The molecule has 0 spiro atoms. The molecule has 0 aromatic rings. The van der Waals surface area contributed by atoms with Gasteiger partial charge in [-0.25, -0.2) is 9.18 Å². The maximum absolute atomic E-state index is 11.9. The van der Waals surface area contributed by atoms with Gasteiger partial charge in [-0.2, -0.15) is 0 Å². The summed E-state index contributed by atoms with van der Waals surface area (Å²) in [6.07, 6.45) is -0.576. The van der Waals surface area contributed by atoms with Gasteiger partial charge >= 0.3 is 6.09 Å². The normalized spacial score (nSPS) is 13.8. The molecule has 0 aliphatic carbocycles. The van der Waals surface area contributed by atoms with Crippen molar-refractivity contribution < 1.29 is 13.9 Å². The highest BCUT2D eigenvalue weighted by Gasteiger charge is 2.17. The highest BCUT2D eigenvalue weighted by atomic mass is 19.1. The summed E-state index contributed by atoms with van der Waals surface area (Å²) in [4.78, 5) is 10.9. The molecular weight excluding hydrogens is 161 g/mol. The standard InChI is InChI=1S/C8H16FNO2/c1-6(5-9)10-7(11)12-8(2,3)4/h6H,5H2,1-4H3,(H,10,11)/t6-/m0/s1. The number of carbonyl (C=O) groups is 1. The third-order valence-corrected chi connectivity index (χ3v) is 0.995. The molecule has 72 valence electrons. The van der Waals surface area contributed by atoms with E-state index in [0.717, 1.165) is 0 Å². The van der Waals surface area contributed by atoms with E-state index < -0.39 is 24.4 Å². The molecule has 4 heteroatoms. The van der Waals surface area contributed by atoms with Gasteiger partial charge in [0.1, 0.15) is 12.3 Å². The van der Waals surface area contributed by atoms with Gasteiger partial charge in [0.2, 0.25) is 0 Å². The van der Waals surface area contributed by atoms with E-state index in [-0.39, 0.29) is 0 Å². The first kappa shape index (κ1) is 11.2. The van der Waals surface area contributed by atoms with Crippen molar-refractivity contribution >= 4 is 6.09 Å². The SMILES string of the molecule is C[C@@H](CF)NC(=O)OC(C)(C)C. The first-order valence-electron chi connectivity index (χ1n) is 3.90. The molecule has 1 amide bonds. The fraction of sp³-hybridized carbons (Fsp3) is 0.875. The number of rotatable bonds is 2. The van der Waals surface area contributed by atoms with Crippen molar-refractivity contribution in [2.75, 3.05) is 6.67 Å². The zero-order chi connectivity index (χ0) is 9.78. The molecule has 12 heavy (non-hydrogen) atoms. The third kappa shape index (κ3) is 5.95. The van der Waals surface area contributed by atoms with Crippen LogP contribution in [-0.4, -0.2) is 24.4 Å². The van der Waals surface area contributed by atoms with Gasteiger partial charge < -0.3 is 10.1 Å². The third-order valence-electron chi connectivity index (χ3n) is 0.995. The van der Waals surface area contributed by atoms with Crippen molar-refractivity contribution in [2.24, 2.45) is 0 Å². The van der Waals surface area contributed by atoms with E-state index in [2.05, 4.69) is 5.32 Å². The second kappa shape index (κ2) is 4.28. The van der Waals surface area contributed by atoms with Crippen LogP contribution in [0.3, 0.4) is 0 Å². The Morgan fingerprint density at radius 1 is 1.58 bits per heavy atom. The van der Waals surface area contributed by atoms with Crippen molar-refractivity contribution in [1.29, 1.82) is 0 Å². The molecule has 0 aliphatic heterocycles. The monoisotopic (exact) mass is 177 g/mol. The number of hydrogen-bond acceptors (Lipinski definition) is 2. The lowest BCUT2D eigenvalue weighted by Gasteiger charge is -2.20. The van der Waals surface area contributed by atoms with Crippen LogP contribution in [0.25, 0.3) is 0 Å². The fourth-order valence-electron chi connectivity index (χ4n) is 0.547. The maximum Gasteiger partial charge on any atom is 0.407 e. The van der Waals surface area contributed by atoms with Crippen LogP contribution < -0.4 is 5.32 Å². The predicted octanol–water partition coefficient (Wildman–Crippen LogP) is 1.87. The van der Waals surface area contributed by atoms with Crippen molar-refractivity contribution in [3.05, 3.63) is 0 Å². The molecule has 1 atom stereocenters. The van der Waals surface area contributed by atoms with Gasteiger partial charge in [-0.3, -0.25) is 0 Å². The lowest BCUT2D eigenvalue weighted by atomic mass is 10.2. The van der Waals surface area contributed by atoms with E-state index in [0.29, 0.717) is 0 Å². The summed E-state index contributed by atoms with van der Waals surface area (Å²) in [5, 5.41) is 2.35. The van der Waals surface area contributed by atoms with Crippen molar-refractivity contribution in [3.63, 3.8) is 0 Å². The van der Waals surface area contributed by atoms with Crippen LogP contribution in [0.15, 0.2) is 0 Å². The van der Waals surface area contributed by atoms with Crippen molar-refractivity contribution in [1.82, 2.24) is 5.32 Å². The van der Waals surface area contributed by atoms with E-state index in [1.54, 1.807) is 27.7 Å². The van der Waals surface area contributed by atoms with Crippen molar-refractivity contribution in [2.45, 2.75) is 39.3 Å². The minimum absolute atomic E-state index is 0.486. The van der Waals surface area contributed by atoms with Crippen LogP contribution >= 0.6 is 0 Å². The van der Waals surface area contributed by atoms with E-state index in [1.807, 2.05) is 0 Å². The quantitative estimate of drug-likeness (QED) is 0.699.